The van der Waals surface area contributed by atoms with Gasteiger partial charge in [-0.15, -0.1) is 0 Å². The van der Waals surface area contributed by atoms with Crippen LogP contribution in [0.25, 0.3) is 10.9 Å². The molecule has 1 fully saturated rings. The second-order valence-corrected chi connectivity index (χ2v) is 9.40. The minimum absolute atomic E-state index is 0.0652. The number of likely N-dealkylation sites (tertiary alicyclic amines) is 1. The van der Waals surface area contributed by atoms with Gasteiger partial charge in [0.1, 0.15) is 0 Å². The highest BCUT2D eigenvalue weighted by Crippen LogP contribution is 2.34. The summed E-state index contributed by atoms with van der Waals surface area (Å²) < 4.78 is 66.7. The van der Waals surface area contributed by atoms with E-state index in [9.17, 15) is 4.79 Å². The van der Waals surface area contributed by atoms with Crippen LogP contribution in [0.15, 0.2) is 54.6 Å². The Balaban J connectivity index is 1.63. The van der Waals surface area contributed by atoms with Gasteiger partial charge in [-0.25, -0.2) is 0 Å². The minimum atomic E-state index is -2.20. The number of carbonyl (C=O) groups is 1. The van der Waals surface area contributed by atoms with E-state index < -0.39 is 19.1 Å². The predicted molar refractivity (Wildman–Crippen MR) is 147 cm³/mol. The maximum Gasteiger partial charge on any atom is 0.231 e. The Labute approximate surface area is 219 Å². The number of para-hydroxylation sites is 1. The summed E-state index contributed by atoms with van der Waals surface area (Å²) in [6.07, 6.45) is 20.2. The van der Waals surface area contributed by atoms with Crippen LogP contribution in [0, 0.1) is 0 Å². The number of aromatic nitrogens is 1. The van der Waals surface area contributed by atoms with Crippen LogP contribution in [0.3, 0.4) is 0 Å². The van der Waals surface area contributed by atoms with Crippen molar-refractivity contribution in [2.24, 2.45) is 0 Å². The first kappa shape index (κ1) is 17.3. The lowest BCUT2D eigenvalue weighted by molar-refractivity contribution is 0.0904. The first-order valence-corrected chi connectivity index (χ1v) is 13.2. The molecule has 3 nitrogen and oxygen atoms in total. The number of unbranched alkanes of at least 4 members (excludes halogenated alkanes) is 8. The Hall–Kier alpha value is -2.13. The fourth-order valence-electron chi connectivity index (χ4n) is 4.59. The molecule has 1 aliphatic heterocycles. The molecule has 1 saturated heterocycles. The molecule has 0 radical (unpaired) electrons. The number of piperidine rings is 1. The van der Waals surface area contributed by atoms with Crippen LogP contribution in [-0.4, -0.2) is 35.4 Å². The molecular weight excluding hydrogens is 416 g/mol. The van der Waals surface area contributed by atoms with Crippen molar-refractivity contribution < 1.29 is 15.8 Å². The van der Waals surface area contributed by atoms with Crippen molar-refractivity contribution in [1.29, 1.82) is 0 Å². The van der Waals surface area contributed by atoms with Gasteiger partial charge >= 0.3 is 0 Å². The van der Waals surface area contributed by atoms with Crippen LogP contribution in [0.5, 0.6) is 0 Å². The van der Waals surface area contributed by atoms with Crippen LogP contribution < -0.4 is 0 Å². The van der Waals surface area contributed by atoms with Crippen molar-refractivity contribution in [1.82, 2.24) is 9.47 Å². The summed E-state index contributed by atoms with van der Waals surface area (Å²) in [6, 6.07) is -1.39. The Morgan fingerprint density at radius 3 is 2.41 bits per heavy atom. The number of benzene rings is 1. The maximum absolute atomic E-state index is 13.4. The lowest BCUT2D eigenvalue weighted by Gasteiger charge is -2.28. The van der Waals surface area contributed by atoms with E-state index in [1.807, 2.05) is 0 Å². The largest absolute Gasteiger partial charge is 0.306 e. The lowest BCUT2D eigenvalue weighted by atomic mass is 9.89. The van der Waals surface area contributed by atoms with E-state index in [1.165, 1.54) is 28.7 Å². The van der Waals surface area contributed by atoms with Gasteiger partial charge in [0.25, 0.3) is 0 Å². The second kappa shape index (κ2) is 15.0. The molecule has 2 aromatic rings. The first-order chi connectivity index (χ1) is 20.0. The summed E-state index contributed by atoms with van der Waals surface area (Å²) in [6.45, 7) is 0.582. The third-order valence-electron chi connectivity index (χ3n) is 6.66. The average Bonchev–Trinajstić information content (AvgIpc) is 3.27. The monoisotopic (exact) mass is 470 g/mol. The summed E-state index contributed by atoms with van der Waals surface area (Å²) in [5.41, 5.74) is 0.495. The molecule has 1 aromatic carbocycles. The highest BCUT2D eigenvalue weighted by molar-refractivity contribution is 5.94. The number of allylic oxidation sites excluding steroid dienone is 4. The van der Waals surface area contributed by atoms with Crippen molar-refractivity contribution in [3.63, 3.8) is 0 Å². The summed E-state index contributed by atoms with van der Waals surface area (Å²) in [5, 5.41) is 0.218. The van der Waals surface area contributed by atoms with Gasteiger partial charge in [-0.2, -0.15) is 0 Å². The van der Waals surface area contributed by atoms with Crippen LogP contribution in [-0.2, 0) is 0 Å². The van der Waals surface area contributed by atoms with Gasteiger partial charge in [0.05, 0.1) is 12.4 Å². The van der Waals surface area contributed by atoms with E-state index in [4.69, 9.17) is 11.0 Å². The van der Waals surface area contributed by atoms with Gasteiger partial charge in [-0.1, -0.05) is 81.5 Å². The SMILES string of the molecule is [2H]c1c([2H])c([2H])c2c(c1[2H])c(C1CCN(C([2H])([2H])[2H])CC1)c([2H])n2C(=O)CCCCCCC/C=C\C=C/CCCCC. The normalized spacial score (nSPS) is 19.6. The maximum atomic E-state index is 13.4. The van der Waals surface area contributed by atoms with Crippen molar-refractivity contribution in [2.45, 2.75) is 96.3 Å². The molecule has 1 aliphatic rings. The third kappa shape index (κ3) is 8.27. The Morgan fingerprint density at radius 1 is 1.00 bits per heavy atom. The van der Waals surface area contributed by atoms with Crippen LogP contribution in [0.1, 0.15) is 118 Å². The summed E-state index contributed by atoms with van der Waals surface area (Å²) in [4.78, 5) is 14.8. The summed E-state index contributed by atoms with van der Waals surface area (Å²) >= 11 is 0. The quantitative estimate of drug-likeness (QED) is 0.204. The van der Waals surface area contributed by atoms with E-state index >= 15 is 0 Å². The van der Waals surface area contributed by atoms with Gasteiger partial charge < -0.3 is 4.90 Å². The van der Waals surface area contributed by atoms with E-state index in [1.54, 1.807) is 0 Å². The zero-order valence-corrected chi connectivity index (χ0v) is 20.8. The topological polar surface area (TPSA) is 25.2 Å². The minimum Gasteiger partial charge on any atom is -0.306 e. The van der Waals surface area contributed by atoms with Crippen LogP contribution in [0.4, 0.5) is 0 Å². The smallest absolute Gasteiger partial charge is 0.231 e. The number of hydrogen-bond donors (Lipinski definition) is 0. The van der Waals surface area contributed by atoms with Crippen LogP contribution >= 0.6 is 0 Å². The van der Waals surface area contributed by atoms with E-state index in [0.29, 0.717) is 24.8 Å². The van der Waals surface area contributed by atoms with Gasteiger partial charge in [0.15, 0.2) is 0 Å². The molecule has 0 unspecified atom stereocenters. The Kier molecular flexibility index (Phi) is 7.64. The molecule has 34 heavy (non-hydrogen) atoms. The Morgan fingerprint density at radius 2 is 1.68 bits per heavy atom. The average molecular weight is 471 g/mol. The van der Waals surface area contributed by atoms with Crippen LogP contribution in [0.2, 0.25) is 0 Å². The molecule has 2 heterocycles. The third-order valence-corrected chi connectivity index (χ3v) is 6.66. The number of fused-ring (bicyclic) bond motifs is 1. The molecule has 0 amide bonds. The van der Waals surface area contributed by atoms with E-state index in [-0.39, 0.29) is 60.5 Å². The van der Waals surface area contributed by atoms with Gasteiger partial charge in [-0.05, 0) is 82.5 Å². The van der Waals surface area contributed by atoms with Crippen molar-refractivity contribution in [3.05, 3.63) is 60.2 Å². The molecule has 3 rings (SSSR count). The number of hydrogen-bond acceptors (Lipinski definition) is 2. The number of carbonyl (C=O) groups excluding carboxylic acids is 1. The highest BCUT2D eigenvalue weighted by Gasteiger charge is 2.23. The van der Waals surface area contributed by atoms with Crippen molar-refractivity contribution in [2.75, 3.05) is 20.1 Å². The molecule has 0 atom stereocenters. The van der Waals surface area contributed by atoms with Crippen molar-refractivity contribution in [3.8, 4) is 0 Å². The highest BCUT2D eigenvalue weighted by atomic mass is 16.2. The molecule has 0 saturated carbocycles. The van der Waals surface area contributed by atoms with E-state index in [0.717, 1.165) is 38.5 Å². The molecule has 0 N–H and O–H groups in total. The molecule has 0 bridgehead atoms. The summed E-state index contributed by atoms with van der Waals surface area (Å²) in [5.74, 6) is -0.604. The molecule has 0 spiro atoms. The zero-order valence-electron chi connectivity index (χ0n) is 28.8. The van der Waals surface area contributed by atoms with Gasteiger partial charge in [0.2, 0.25) is 5.91 Å². The molecular formula is C31H46N2O. The van der Waals surface area contributed by atoms with E-state index in [2.05, 4.69) is 31.2 Å². The zero-order chi connectivity index (χ0) is 30.9. The van der Waals surface area contributed by atoms with Gasteiger partial charge in [0, 0.05) is 22.1 Å². The number of rotatable bonds is 14. The summed E-state index contributed by atoms with van der Waals surface area (Å²) in [7, 11) is 0. The molecule has 186 valence electrons. The standard InChI is InChI=1S/C31H46N2O/c1-3-4-5-6-7-8-9-10-11-12-13-14-15-16-21-31(34)33-26-29(27-22-24-32(2)25-23-27)28-19-17-18-20-30(28)33/h7-10,17-20,26-27H,3-6,11-16,21-25H2,1-2H3/b8-7-,10-9-/i2D3,17D,18D,19D,20D,26D. The fraction of sp³-hybridized carbons (Fsp3) is 0.581. The van der Waals surface area contributed by atoms with Crippen molar-refractivity contribution >= 4 is 16.8 Å². The molecule has 3 heteroatoms. The predicted octanol–water partition coefficient (Wildman–Crippen LogP) is 8.51. The number of nitrogens with zero attached hydrogens (tertiary/aromatic N) is 2. The molecule has 0 aliphatic carbocycles. The molecule has 1 aromatic heterocycles. The fourth-order valence-corrected chi connectivity index (χ4v) is 4.59. The second-order valence-electron chi connectivity index (χ2n) is 9.40. The Bertz CT molecular complexity index is 1260. The van der Waals surface area contributed by atoms with Gasteiger partial charge in [-0.3, -0.25) is 9.36 Å². The first-order valence-electron chi connectivity index (χ1n) is 17.2. The lowest BCUT2D eigenvalue weighted by Crippen LogP contribution is -2.29.